The molecule has 1 unspecified atom stereocenters. The van der Waals surface area contributed by atoms with Crippen molar-refractivity contribution >= 4 is 35.1 Å². The Morgan fingerprint density at radius 3 is 2.84 bits per heavy atom. The number of ether oxygens (including phenoxy) is 1. The monoisotopic (exact) mass is 460 g/mol. The van der Waals surface area contributed by atoms with Gasteiger partial charge in [0.15, 0.2) is 6.61 Å². The summed E-state index contributed by atoms with van der Waals surface area (Å²) in [6, 6.07) is 1.86. The smallest absolute Gasteiger partial charge is 0.412 e. The molecule has 32 heavy (non-hydrogen) atoms. The van der Waals surface area contributed by atoms with E-state index in [4.69, 9.17) is 22.8 Å². The SMILES string of the molecule is C#CCOC(=O)Nc1cnc(N2CCCC3(CCN(C4CCC(O)CC4)C3=O)C2)c(Cl)c1. The molecule has 172 valence electrons. The van der Waals surface area contributed by atoms with Gasteiger partial charge in [0.05, 0.1) is 28.4 Å². The molecule has 0 bridgehead atoms. The highest BCUT2D eigenvalue weighted by Crippen LogP contribution is 2.44. The molecule has 1 aromatic rings. The summed E-state index contributed by atoms with van der Waals surface area (Å²) in [7, 11) is 0. The maximum absolute atomic E-state index is 13.5. The van der Waals surface area contributed by atoms with Crippen LogP contribution in [0.2, 0.25) is 5.02 Å². The molecule has 3 heterocycles. The van der Waals surface area contributed by atoms with E-state index in [0.29, 0.717) is 23.1 Å². The molecule has 1 saturated carbocycles. The van der Waals surface area contributed by atoms with Crippen LogP contribution in [0.1, 0.15) is 44.9 Å². The van der Waals surface area contributed by atoms with Gasteiger partial charge in [0.25, 0.3) is 0 Å². The van der Waals surface area contributed by atoms with E-state index in [-0.39, 0.29) is 24.7 Å². The number of hydrogen-bond donors (Lipinski definition) is 2. The fourth-order valence-corrected chi connectivity index (χ4v) is 5.54. The van der Waals surface area contributed by atoms with Gasteiger partial charge in [-0.25, -0.2) is 9.78 Å². The maximum atomic E-state index is 13.5. The second kappa shape index (κ2) is 9.55. The van der Waals surface area contributed by atoms with Gasteiger partial charge in [-0.3, -0.25) is 10.1 Å². The Labute approximate surface area is 193 Å². The van der Waals surface area contributed by atoms with Crippen LogP contribution < -0.4 is 10.2 Å². The molecule has 1 atom stereocenters. The van der Waals surface area contributed by atoms with E-state index in [1.54, 1.807) is 6.07 Å². The van der Waals surface area contributed by atoms with Crippen molar-refractivity contribution in [2.75, 3.05) is 36.5 Å². The molecular formula is C23H29ClN4O4. The third-order valence-electron chi connectivity index (χ3n) is 6.88. The average molecular weight is 461 g/mol. The van der Waals surface area contributed by atoms with Crippen LogP contribution in [0.5, 0.6) is 0 Å². The largest absolute Gasteiger partial charge is 0.436 e. The number of aliphatic hydroxyl groups is 1. The predicted molar refractivity (Wildman–Crippen MR) is 122 cm³/mol. The van der Waals surface area contributed by atoms with Crippen molar-refractivity contribution in [1.82, 2.24) is 9.88 Å². The number of aliphatic hydroxyl groups excluding tert-OH is 1. The Kier molecular flexibility index (Phi) is 6.77. The second-order valence-electron chi connectivity index (χ2n) is 8.95. The summed E-state index contributed by atoms with van der Waals surface area (Å²) < 4.78 is 4.80. The minimum absolute atomic E-state index is 0.118. The summed E-state index contributed by atoms with van der Waals surface area (Å²) in [5, 5.41) is 12.8. The van der Waals surface area contributed by atoms with Gasteiger partial charge in [0.1, 0.15) is 5.82 Å². The third kappa shape index (κ3) is 4.64. The first kappa shape index (κ1) is 22.7. The first-order valence-electron chi connectivity index (χ1n) is 11.2. The number of carbonyl (C=O) groups is 2. The van der Waals surface area contributed by atoms with Gasteiger partial charge in [0, 0.05) is 25.7 Å². The molecule has 2 amide bonds. The predicted octanol–water partition coefficient (Wildman–Crippen LogP) is 3.04. The molecular weight excluding hydrogens is 432 g/mol. The molecule has 9 heteroatoms. The third-order valence-corrected chi connectivity index (χ3v) is 7.16. The lowest BCUT2D eigenvalue weighted by Gasteiger charge is -2.41. The zero-order chi connectivity index (χ0) is 22.7. The molecule has 0 aromatic carbocycles. The molecule has 1 spiro atoms. The topological polar surface area (TPSA) is 95.0 Å². The molecule has 2 N–H and O–H groups in total. The van der Waals surface area contributed by atoms with E-state index in [1.165, 1.54) is 6.20 Å². The average Bonchev–Trinajstić information content (AvgIpc) is 3.08. The Bertz CT molecular complexity index is 912. The van der Waals surface area contributed by atoms with Crippen molar-refractivity contribution < 1.29 is 19.4 Å². The molecule has 1 aliphatic carbocycles. The highest BCUT2D eigenvalue weighted by molar-refractivity contribution is 6.33. The van der Waals surface area contributed by atoms with Crippen LogP contribution in [-0.4, -0.2) is 65.4 Å². The van der Waals surface area contributed by atoms with E-state index in [0.717, 1.165) is 58.0 Å². The Morgan fingerprint density at radius 2 is 2.12 bits per heavy atom. The number of piperidine rings is 1. The summed E-state index contributed by atoms with van der Waals surface area (Å²) in [5.74, 6) is 3.07. The summed E-state index contributed by atoms with van der Waals surface area (Å²) in [6.45, 7) is 2.01. The molecule has 2 aliphatic heterocycles. The fourth-order valence-electron chi connectivity index (χ4n) is 5.25. The summed E-state index contributed by atoms with van der Waals surface area (Å²) in [5.41, 5.74) is 0.00466. The van der Waals surface area contributed by atoms with Gasteiger partial charge in [0.2, 0.25) is 5.91 Å². The van der Waals surface area contributed by atoms with Gasteiger partial charge in [-0.05, 0) is 51.0 Å². The number of rotatable bonds is 4. The van der Waals surface area contributed by atoms with Crippen LogP contribution in [0.3, 0.4) is 0 Å². The normalized spacial score (nSPS) is 28.0. The zero-order valence-corrected chi connectivity index (χ0v) is 18.8. The summed E-state index contributed by atoms with van der Waals surface area (Å²) in [4.78, 5) is 33.8. The minimum Gasteiger partial charge on any atom is -0.436 e. The van der Waals surface area contributed by atoms with E-state index in [9.17, 15) is 14.7 Å². The van der Waals surface area contributed by atoms with Gasteiger partial charge in [-0.15, -0.1) is 6.42 Å². The van der Waals surface area contributed by atoms with Gasteiger partial charge < -0.3 is 19.6 Å². The lowest BCUT2D eigenvalue weighted by atomic mass is 9.78. The lowest BCUT2D eigenvalue weighted by Crippen LogP contribution is -2.50. The number of pyridine rings is 1. The second-order valence-corrected chi connectivity index (χ2v) is 9.36. The number of nitrogens with zero attached hydrogens (tertiary/aromatic N) is 3. The van der Waals surface area contributed by atoms with Gasteiger partial charge in [-0.1, -0.05) is 17.5 Å². The Balaban J connectivity index is 1.43. The minimum atomic E-state index is -0.669. The first-order valence-corrected chi connectivity index (χ1v) is 11.6. The van der Waals surface area contributed by atoms with Gasteiger partial charge in [-0.2, -0.15) is 0 Å². The fraction of sp³-hybridized carbons (Fsp3) is 0.609. The highest BCUT2D eigenvalue weighted by Gasteiger charge is 2.51. The van der Waals surface area contributed by atoms with Crippen molar-refractivity contribution in [3.8, 4) is 12.3 Å². The molecule has 0 radical (unpaired) electrons. The molecule has 8 nitrogen and oxygen atoms in total. The molecule has 2 saturated heterocycles. The Hall–Kier alpha value is -2.50. The quantitative estimate of drug-likeness (QED) is 0.670. The number of likely N-dealkylation sites (tertiary alicyclic amines) is 1. The number of nitrogens with one attached hydrogen (secondary N) is 1. The van der Waals surface area contributed by atoms with Crippen molar-refractivity contribution in [3.63, 3.8) is 0 Å². The molecule has 3 fully saturated rings. The molecule has 1 aromatic heterocycles. The maximum Gasteiger partial charge on any atom is 0.412 e. The highest BCUT2D eigenvalue weighted by atomic mass is 35.5. The van der Waals surface area contributed by atoms with Crippen molar-refractivity contribution in [2.24, 2.45) is 5.41 Å². The first-order chi connectivity index (χ1) is 15.4. The van der Waals surface area contributed by atoms with E-state index < -0.39 is 11.5 Å². The van der Waals surface area contributed by atoms with Crippen LogP contribution in [0.15, 0.2) is 12.3 Å². The molecule has 3 aliphatic rings. The van der Waals surface area contributed by atoms with Crippen LogP contribution in [-0.2, 0) is 9.53 Å². The zero-order valence-electron chi connectivity index (χ0n) is 18.1. The molecule has 4 rings (SSSR count). The van der Waals surface area contributed by atoms with Crippen LogP contribution >= 0.6 is 11.6 Å². The number of terminal acetylenes is 1. The lowest BCUT2D eigenvalue weighted by molar-refractivity contribution is -0.139. The Morgan fingerprint density at radius 1 is 1.34 bits per heavy atom. The van der Waals surface area contributed by atoms with E-state index in [1.807, 2.05) is 0 Å². The standard InChI is InChI=1S/C23H29ClN4O4/c1-2-12-32-22(31)26-16-13-19(24)20(25-14-16)27-10-3-8-23(15-27)9-11-28(21(23)30)17-4-6-18(29)7-5-17/h1,13-14,17-18,29H,3-12,15H2,(H,26,31). The van der Waals surface area contributed by atoms with E-state index >= 15 is 0 Å². The number of amides is 2. The number of anilines is 2. The van der Waals surface area contributed by atoms with Crippen molar-refractivity contribution in [2.45, 2.75) is 57.1 Å². The van der Waals surface area contributed by atoms with Gasteiger partial charge >= 0.3 is 6.09 Å². The number of aromatic nitrogens is 1. The van der Waals surface area contributed by atoms with Crippen LogP contribution in [0.4, 0.5) is 16.3 Å². The van der Waals surface area contributed by atoms with E-state index in [2.05, 4.69) is 26.0 Å². The van der Waals surface area contributed by atoms with Crippen LogP contribution in [0.25, 0.3) is 0 Å². The number of carbonyl (C=O) groups excluding carboxylic acids is 2. The summed E-state index contributed by atoms with van der Waals surface area (Å²) in [6.07, 6.45) is 11.6. The van der Waals surface area contributed by atoms with Crippen molar-refractivity contribution in [1.29, 1.82) is 0 Å². The van der Waals surface area contributed by atoms with Crippen molar-refractivity contribution in [3.05, 3.63) is 17.3 Å². The number of hydrogen-bond acceptors (Lipinski definition) is 6. The van der Waals surface area contributed by atoms with Crippen LogP contribution in [0, 0.1) is 17.8 Å². The summed E-state index contributed by atoms with van der Waals surface area (Å²) >= 11 is 6.50. The number of halogens is 1.